The zero-order valence-electron chi connectivity index (χ0n) is 12.3. The number of nitrogens with zero attached hydrogens (tertiary/aromatic N) is 3. The molecule has 0 saturated heterocycles. The van der Waals surface area contributed by atoms with Crippen LogP contribution in [0.2, 0.25) is 0 Å². The molecule has 0 radical (unpaired) electrons. The zero-order valence-corrected chi connectivity index (χ0v) is 12.3. The van der Waals surface area contributed by atoms with Gasteiger partial charge in [-0.1, -0.05) is 6.07 Å². The number of anilines is 2. The average molecular weight is 304 g/mol. The summed E-state index contributed by atoms with van der Waals surface area (Å²) in [5.74, 6) is 0.151. The number of fused-ring (bicyclic) bond motifs is 1. The second-order valence-electron chi connectivity index (χ2n) is 4.72. The summed E-state index contributed by atoms with van der Waals surface area (Å²) in [4.78, 5) is 23.3. The third kappa shape index (κ3) is 2.94. The Hall–Kier alpha value is -3.46. The molecule has 1 aromatic carbocycles. The molecule has 0 fully saturated rings. The van der Waals surface area contributed by atoms with Crippen molar-refractivity contribution < 1.29 is 9.53 Å². The average Bonchev–Trinajstić information content (AvgIpc) is 2.61. The highest BCUT2D eigenvalue weighted by atomic mass is 16.5. The lowest BCUT2D eigenvalue weighted by atomic mass is 10.1. The molecule has 0 amide bonds. The van der Waals surface area contributed by atoms with Crippen molar-refractivity contribution in [2.75, 3.05) is 12.4 Å². The monoisotopic (exact) mass is 304 g/mol. The van der Waals surface area contributed by atoms with E-state index in [0.29, 0.717) is 17.1 Å². The first-order valence-electron chi connectivity index (χ1n) is 6.79. The molecule has 3 aromatic rings. The Labute approximate surface area is 132 Å². The summed E-state index contributed by atoms with van der Waals surface area (Å²) < 4.78 is 4.64. The van der Waals surface area contributed by atoms with Crippen molar-refractivity contribution in [2.24, 2.45) is 0 Å². The minimum Gasteiger partial charge on any atom is -0.465 e. The van der Waals surface area contributed by atoms with Crippen molar-refractivity contribution in [1.29, 1.82) is 0 Å². The van der Waals surface area contributed by atoms with Crippen LogP contribution >= 0.6 is 0 Å². The van der Waals surface area contributed by atoms with E-state index in [4.69, 9.17) is 6.57 Å². The van der Waals surface area contributed by atoms with Crippen molar-refractivity contribution >= 4 is 34.1 Å². The Morgan fingerprint density at radius 2 is 2.09 bits per heavy atom. The van der Waals surface area contributed by atoms with Crippen LogP contribution in [0.3, 0.4) is 0 Å². The summed E-state index contributed by atoms with van der Waals surface area (Å²) in [6.07, 6.45) is 3.13. The normalized spacial score (nSPS) is 10.1. The molecule has 0 saturated carbocycles. The van der Waals surface area contributed by atoms with Gasteiger partial charge in [0.1, 0.15) is 5.82 Å². The number of hydrogen-bond donors (Lipinski definition) is 1. The van der Waals surface area contributed by atoms with Crippen molar-refractivity contribution in [1.82, 2.24) is 9.97 Å². The standard InChI is InChI=1S/C17H12N4O2/c1-18-12-4-5-14-13(9-12)15(7-8-19-14)21-16-6-3-11(10-20-16)17(22)23-2/h3-10H,2H3,(H,19,20,21). The smallest absolute Gasteiger partial charge is 0.339 e. The van der Waals surface area contributed by atoms with Gasteiger partial charge < -0.3 is 10.1 Å². The summed E-state index contributed by atoms with van der Waals surface area (Å²) in [6, 6.07) is 10.5. The number of benzene rings is 1. The lowest BCUT2D eigenvalue weighted by Gasteiger charge is -2.09. The van der Waals surface area contributed by atoms with E-state index < -0.39 is 5.97 Å². The van der Waals surface area contributed by atoms with Gasteiger partial charge in [0.05, 0.1) is 24.8 Å². The fraction of sp³-hybridized carbons (Fsp3) is 0.0588. The molecular weight excluding hydrogens is 292 g/mol. The molecule has 6 nitrogen and oxygen atoms in total. The third-order valence-corrected chi connectivity index (χ3v) is 3.30. The second kappa shape index (κ2) is 6.12. The van der Waals surface area contributed by atoms with Crippen LogP contribution in [0.4, 0.5) is 17.2 Å². The number of esters is 1. The quantitative estimate of drug-likeness (QED) is 0.590. The highest BCUT2D eigenvalue weighted by molar-refractivity contribution is 5.95. The number of pyridine rings is 2. The molecule has 0 atom stereocenters. The lowest BCUT2D eigenvalue weighted by Crippen LogP contribution is -2.02. The Morgan fingerprint density at radius 1 is 1.22 bits per heavy atom. The first kappa shape index (κ1) is 14.5. The molecule has 0 aliphatic rings. The maximum atomic E-state index is 11.4. The number of carbonyl (C=O) groups is 1. The van der Waals surface area contributed by atoms with Gasteiger partial charge in [0.25, 0.3) is 0 Å². The number of hydrogen-bond acceptors (Lipinski definition) is 5. The number of carbonyl (C=O) groups excluding carboxylic acids is 1. The molecule has 112 valence electrons. The maximum Gasteiger partial charge on any atom is 0.339 e. The van der Waals surface area contributed by atoms with Gasteiger partial charge in [-0.2, -0.15) is 0 Å². The Morgan fingerprint density at radius 3 is 2.78 bits per heavy atom. The number of rotatable bonds is 3. The van der Waals surface area contributed by atoms with Crippen LogP contribution in [0.5, 0.6) is 0 Å². The summed E-state index contributed by atoms with van der Waals surface area (Å²) in [7, 11) is 1.33. The molecule has 0 unspecified atom stereocenters. The number of nitrogens with one attached hydrogen (secondary N) is 1. The Bertz CT molecular complexity index is 914. The summed E-state index contributed by atoms with van der Waals surface area (Å²) in [6.45, 7) is 7.12. The lowest BCUT2D eigenvalue weighted by molar-refractivity contribution is 0.0600. The molecule has 0 aliphatic carbocycles. The molecule has 0 aliphatic heterocycles. The van der Waals surface area contributed by atoms with Gasteiger partial charge in [-0.25, -0.2) is 14.6 Å². The van der Waals surface area contributed by atoms with Gasteiger partial charge in [-0.05, 0) is 30.3 Å². The third-order valence-electron chi connectivity index (χ3n) is 3.30. The van der Waals surface area contributed by atoms with E-state index in [1.807, 2.05) is 12.1 Å². The van der Waals surface area contributed by atoms with E-state index >= 15 is 0 Å². The van der Waals surface area contributed by atoms with E-state index in [2.05, 4.69) is 24.9 Å². The minimum atomic E-state index is -0.430. The Balaban J connectivity index is 1.95. The van der Waals surface area contributed by atoms with E-state index in [1.54, 1.807) is 30.5 Å². The van der Waals surface area contributed by atoms with E-state index in [0.717, 1.165) is 16.6 Å². The number of methoxy groups -OCH3 is 1. The summed E-state index contributed by atoms with van der Waals surface area (Å²) in [5, 5.41) is 4.01. The van der Waals surface area contributed by atoms with Crippen LogP contribution in [0.25, 0.3) is 15.7 Å². The first-order chi connectivity index (χ1) is 11.2. The first-order valence-corrected chi connectivity index (χ1v) is 6.79. The minimum absolute atomic E-state index is 0.382. The van der Waals surface area contributed by atoms with Crippen molar-refractivity contribution in [3.63, 3.8) is 0 Å². The summed E-state index contributed by atoms with van der Waals surface area (Å²) in [5.41, 5.74) is 2.50. The molecule has 0 bridgehead atoms. The van der Waals surface area contributed by atoms with Crippen molar-refractivity contribution in [3.8, 4) is 0 Å². The fourth-order valence-electron chi connectivity index (χ4n) is 2.16. The number of aromatic nitrogens is 2. The highest BCUT2D eigenvalue weighted by Crippen LogP contribution is 2.28. The van der Waals surface area contributed by atoms with Crippen LogP contribution < -0.4 is 5.32 Å². The topological polar surface area (TPSA) is 68.5 Å². The zero-order chi connectivity index (χ0) is 16.2. The molecule has 6 heteroatoms. The van der Waals surface area contributed by atoms with Crippen molar-refractivity contribution in [2.45, 2.75) is 0 Å². The van der Waals surface area contributed by atoms with E-state index in [-0.39, 0.29) is 0 Å². The summed E-state index contributed by atoms with van der Waals surface area (Å²) >= 11 is 0. The van der Waals surface area contributed by atoms with Gasteiger partial charge in [0.15, 0.2) is 5.69 Å². The fourth-order valence-corrected chi connectivity index (χ4v) is 2.16. The van der Waals surface area contributed by atoms with Gasteiger partial charge >= 0.3 is 5.97 Å². The Kier molecular flexibility index (Phi) is 3.85. The predicted octanol–water partition coefficient (Wildman–Crippen LogP) is 3.71. The molecular formula is C17H12N4O2. The molecule has 3 rings (SSSR count). The van der Waals surface area contributed by atoms with Crippen LogP contribution in [0.15, 0.2) is 48.8 Å². The number of ether oxygens (including phenoxy) is 1. The van der Waals surface area contributed by atoms with Gasteiger partial charge in [-0.3, -0.25) is 4.98 Å². The van der Waals surface area contributed by atoms with Gasteiger partial charge in [0, 0.05) is 23.5 Å². The van der Waals surface area contributed by atoms with Gasteiger partial charge in [-0.15, -0.1) is 0 Å². The molecule has 1 N–H and O–H groups in total. The molecule has 0 spiro atoms. The second-order valence-corrected chi connectivity index (χ2v) is 4.72. The SMILES string of the molecule is [C-]#[N+]c1ccc2nccc(Nc3ccc(C(=O)OC)cn3)c2c1. The molecule has 2 aromatic heterocycles. The molecule has 2 heterocycles. The van der Waals surface area contributed by atoms with E-state index in [9.17, 15) is 4.79 Å². The largest absolute Gasteiger partial charge is 0.465 e. The predicted molar refractivity (Wildman–Crippen MR) is 86.9 cm³/mol. The van der Waals surface area contributed by atoms with Crippen LogP contribution in [0.1, 0.15) is 10.4 Å². The highest BCUT2D eigenvalue weighted by Gasteiger charge is 2.07. The van der Waals surface area contributed by atoms with Gasteiger partial charge in [0.2, 0.25) is 0 Å². The maximum absolute atomic E-state index is 11.4. The van der Waals surface area contributed by atoms with Crippen molar-refractivity contribution in [3.05, 3.63) is 65.8 Å². The van der Waals surface area contributed by atoms with Crippen LogP contribution in [0, 0.1) is 6.57 Å². The van der Waals surface area contributed by atoms with E-state index in [1.165, 1.54) is 13.3 Å². The molecule has 23 heavy (non-hydrogen) atoms. The van der Waals surface area contributed by atoms with Crippen LogP contribution in [-0.4, -0.2) is 23.0 Å². The van der Waals surface area contributed by atoms with Crippen LogP contribution in [-0.2, 0) is 4.74 Å².